The molecule has 0 atom stereocenters. The average Bonchev–Trinajstić information content (AvgIpc) is 2.29. The van der Waals surface area contributed by atoms with Gasteiger partial charge in [0.1, 0.15) is 0 Å². The molecule has 0 N–H and O–H groups in total. The molecule has 0 amide bonds. The van der Waals surface area contributed by atoms with Gasteiger partial charge < -0.3 is 0 Å². The van der Waals surface area contributed by atoms with E-state index >= 15 is 0 Å². The van der Waals surface area contributed by atoms with Gasteiger partial charge >= 0.3 is 0 Å². The topological polar surface area (TPSA) is 47.8 Å². The van der Waals surface area contributed by atoms with E-state index in [1.807, 2.05) is 12.1 Å². The number of aromatic nitrogens is 3. The zero-order valence-corrected chi connectivity index (χ0v) is 10.7. The van der Waals surface area contributed by atoms with Gasteiger partial charge in [-0.15, -0.1) is 0 Å². The molecular weight excluding hydrogens is 317 g/mol. The number of pyridine rings is 1. The summed E-state index contributed by atoms with van der Waals surface area (Å²) in [5.41, 5.74) is 1.05. The van der Waals surface area contributed by atoms with E-state index in [1.165, 1.54) is 4.68 Å². The Morgan fingerprint density at radius 3 is 2.94 bits per heavy atom. The minimum Gasteiger partial charge on any atom is -0.268 e. The molecule has 0 bridgehead atoms. The second-order valence-electron chi connectivity index (χ2n) is 3.35. The van der Waals surface area contributed by atoms with Gasteiger partial charge in [0.2, 0.25) is 0 Å². The summed E-state index contributed by atoms with van der Waals surface area (Å²) >= 11 is 2.08. The molecule has 5 heteroatoms. The van der Waals surface area contributed by atoms with Crippen molar-refractivity contribution in [2.24, 2.45) is 0 Å². The second-order valence-corrected chi connectivity index (χ2v) is 4.59. The van der Waals surface area contributed by atoms with E-state index < -0.39 is 0 Å². The van der Waals surface area contributed by atoms with Crippen LogP contribution in [0.25, 0.3) is 0 Å². The van der Waals surface area contributed by atoms with Gasteiger partial charge in [0, 0.05) is 28.6 Å². The van der Waals surface area contributed by atoms with E-state index in [9.17, 15) is 4.79 Å². The van der Waals surface area contributed by atoms with Gasteiger partial charge in [-0.05, 0) is 40.6 Å². The Morgan fingerprint density at radius 1 is 1.38 bits per heavy atom. The quantitative estimate of drug-likeness (QED) is 0.803. The van der Waals surface area contributed by atoms with Gasteiger partial charge in [-0.3, -0.25) is 9.78 Å². The molecule has 0 unspecified atom stereocenters. The van der Waals surface area contributed by atoms with Crippen LogP contribution >= 0.6 is 22.6 Å². The van der Waals surface area contributed by atoms with Gasteiger partial charge in [-0.25, -0.2) is 4.68 Å². The molecule has 0 aliphatic carbocycles. The van der Waals surface area contributed by atoms with E-state index in [2.05, 4.69) is 32.7 Å². The van der Waals surface area contributed by atoms with Crippen LogP contribution < -0.4 is 5.56 Å². The van der Waals surface area contributed by atoms with Gasteiger partial charge in [-0.1, -0.05) is 6.07 Å². The van der Waals surface area contributed by atoms with Gasteiger partial charge in [0.25, 0.3) is 5.56 Å². The Labute approximate surface area is 106 Å². The molecule has 0 fully saturated rings. The lowest BCUT2D eigenvalue weighted by Gasteiger charge is -2.03. The minimum absolute atomic E-state index is 0.0595. The summed E-state index contributed by atoms with van der Waals surface area (Å²) in [6, 6.07) is 5.46. The van der Waals surface area contributed by atoms with Crippen molar-refractivity contribution in [3.8, 4) is 0 Å². The highest BCUT2D eigenvalue weighted by Gasteiger charge is 1.99. The van der Waals surface area contributed by atoms with Crippen molar-refractivity contribution in [3.63, 3.8) is 0 Å². The van der Waals surface area contributed by atoms with Crippen LogP contribution in [0.5, 0.6) is 0 Å². The standard InChI is InChI=1S/C11H10IN3O/c12-10-6-11(16)15(14-8-10)5-3-9-2-1-4-13-7-9/h1-2,4,6-8H,3,5H2. The molecule has 4 nitrogen and oxygen atoms in total. The molecule has 82 valence electrons. The Hall–Kier alpha value is -1.24. The lowest BCUT2D eigenvalue weighted by atomic mass is 10.2. The SMILES string of the molecule is O=c1cc(I)cnn1CCc1cccnc1. The normalized spacial score (nSPS) is 10.3. The van der Waals surface area contributed by atoms with Crippen LogP contribution in [0.3, 0.4) is 0 Å². The lowest BCUT2D eigenvalue weighted by Crippen LogP contribution is -2.23. The van der Waals surface area contributed by atoms with E-state index in [-0.39, 0.29) is 5.56 Å². The first-order valence-corrected chi connectivity index (χ1v) is 5.95. The molecule has 0 aromatic carbocycles. The predicted octanol–water partition coefficient (Wildman–Crippen LogP) is 1.49. The molecule has 0 radical (unpaired) electrons. The van der Waals surface area contributed by atoms with Crippen molar-refractivity contribution in [1.29, 1.82) is 0 Å². The number of halogens is 1. The summed E-state index contributed by atoms with van der Waals surface area (Å²) in [5, 5.41) is 4.07. The Bertz CT molecular complexity index is 524. The summed E-state index contributed by atoms with van der Waals surface area (Å²) in [6.07, 6.45) is 5.99. The highest BCUT2D eigenvalue weighted by Crippen LogP contribution is 1.99. The van der Waals surface area contributed by atoms with Crippen molar-refractivity contribution >= 4 is 22.6 Å². The molecule has 2 rings (SSSR count). The van der Waals surface area contributed by atoms with E-state index in [4.69, 9.17) is 0 Å². The third-order valence-electron chi connectivity index (χ3n) is 2.17. The van der Waals surface area contributed by atoms with E-state index in [1.54, 1.807) is 24.7 Å². The third kappa shape index (κ3) is 2.88. The van der Waals surface area contributed by atoms with Crippen LogP contribution in [-0.2, 0) is 13.0 Å². The molecule has 2 aromatic rings. The second kappa shape index (κ2) is 5.20. The first kappa shape index (κ1) is 11.3. The lowest BCUT2D eigenvalue weighted by molar-refractivity contribution is 0.576. The highest BCUT2D eigenvalue weighted by atomic mass is 127. The minimum atomic E-state index is -0.0595. The summed E-state index contributed by atoms with van der Waals surface area (Å²) in [5.74, 6) is 0. The van der Waals surface area contributed by atoms with Crippen molar-refractivity contribution < 1.29 is 0 Å². The van der Waals surface area contributed by atoms with E-state index in [0.717, 1.165) is 15.6 Å². The number of hydrogen-bond donors (Lipinski definition) is 0. The number of nitrogens with zero attached hydrogens (tertiary/aromatic N) is 3. The van der Waals surface area contributed by atoms with Gasteiger partial charge in [0.15, 0.2) is 0 Å². The zero-order chi connectivity index (χ0) is 11.4. The van der Waals surface area contributed by atoms with Crippen LogP contribution in [0.4, 0.5) is 0 Å². The van der Waals surface area contributed by atoms with Gasteiger partial charge in [-0.2, -0.15) is 5.10 Å². The summed E-state index contributed by atoms with van der Waals surface area (Å²) in [7, 11) is 0. The maximum absolute atomic E-state index is 11.5. The Morgan fingerprint density at radius 2 is 2.25 bits per heavy atom. The maximum atomic E-state index is 11.5. The molecule has 2 aromatic heterocycles. The fraction of sp³-hybridized carbons (Fsp3) is 0.182. The molecule has 2 heterocycles. The first-order valence-electron chi connectivity index (χ1n) is 4.87. The van der Waals surface area contributed by atoms with Crippen molar-refractivity contribution in [1.82, 2.24) is 14.8 Å². The van der Waals surface area contributed by atoms with Crippen LogP contribution in [0.15, 0.2) is 41.6 Å². The number of hydrogen-bond acceptors (Lipinski definition) is 3. The monoisotopic (exact) mass is 327 g/mol. The molecule has 0 saturated carbocycles. The largest absolute Gasteiger partial charge is 0.268 e. The third-order valence-corrected chi connectivity index (χ3v) is 2.76. The maximum Gasteiger partial charge on any atom is 0.267 e. The van der Waals surface area contributed by atoms with Crippen LogP contribution in [-0.4, -0.2) is 14.8 Å². The summed E-state index contributed by atoms with van der Waals surface area (Å²) < 4.78 is 2.33. The average molecular weight is 327 g/mol. The molecule has 0 saturated heterocycles. The Balaban J connectivity index is 2.08. The highest BCUT2D eigenvalue weighted by molar-refractivity contribution is 14.1. The van der Waals surface area contributed by atoms with E-state index in [0.29, 0.717) is 6.54 Å². The Kier molecular flexibility index (Phi) is 3.66. The first-order chi connectivity index (χ1) is 7.75. The molecule has 0 aliphatic heterocycles. The number of rotatable bonds is 3. The van der Waals surface area contributed by atoms with Crippen LogP contribution in [0.2, 0.25) is 0 Å². The fourth-order valence-electron chi connectivity index (χ4n) is 1.36. The zero-order valence-electron chi connectivity index (χ0n) is 8.51. The molecule has 0 aliphatic rings. The van der Waals surface area contributed by atoms with Crippen molar-refractivity contribution in [3.05, 3.63) is 56.3 Å². The van der Waals surface area contributed by atoms with Crippen molar-refractivity contribution in [2.75, 3.05) is 0 Å². The summed E-state index contributed by atoms with van der Waals surface area (Å²) in [4.78, 5) is 15.6. The van der Waals surface area contributed by atoms with Crippen LogP contribution in [0, 0.1) is 3.57 Å². The van der Waals surface area contributed by atoms with Crippen molar-refractivity contribution in [2.45, 2.75) is 13.0 Å². The molecular formula is C11H10IN3O. The summed E-state index contributed by atoms with van der Waals surface area (Å²) in [6.45, 7) is 0.585. The molecule has 16 heavy (non-hydrogen) atoms. The molecule has 0 spiro atoms. The predicted molar refractivity (Wildman–Crippen MR) is 69.2 cm³/mol. The fourth-order valence-corrected chi connectivity index (χ4v) is 1.75. The van der Waals surface area contributed by atoms with Crippen LogP contribution in [0.1, 0.15) is 5.56 Å². The smallest absolute Gasteiger partial charge is 0.267 e. The number of aryl methyl sites for hydroxylation is 2. The van der Waals surface area contributed by atoms with Gasteiger partial charge in [0.05, 0.1) is 6.20 Å².